The SMILES string of the molecule is Cc1cccc(C)c1OCC(O)CN1CC(c2cc(CO)on2)C1. The van der Waals surface area contributed by atoms with Gasteiger partial charge >= 0.3 is 0 Å². The molecule has 24 heavy (non-hydrogen) atoms. The fourth-order valence-electron chi connectivity index (χ4n) is 3.06. The number of hydrogen-bond acceptors (Lipinski definition) is 6. The lowest BCUT2D eigenvalue weighted by molar-refractivity contribution is 0.0359. The van der Waals surface area contributed by atoms with E-state index in [2.05, 4.69) is 10.1 Å². The molecular formula is C18H24N2O4. The van der Waals surface area contributed by atoms with Gasteiger partial charge in [-0.1, -0.05) is 23.4 Å². The Morgan fingerprint density at radius 3 is 2.67 bits per heavy atom. The van der Waals surface area contributed by atoms with Crippen molar-refractivity contribution in [2.45, 2.75) is 32.5 Å². The van der Waals surface area contributed by atoms with Crippen molar-refractivity contribution in [3.63, 3.8) is 0 Å². The highest BCUT2D eigenvalue weighted by molar-refractivity contribution is 5.39. The molecule has 0 aliphatic carbocycles. The molecule has 0 spiro atoms. The standard InChI is InChI=1S/C18H24N2O4/c1-12-4-3-5-13(2)18(12)23-11-15(22)9-20-7-14(8-20)17-6-16(10-21)24-19-17/h3-6,14-15,21-22H,7-11H2,1-2H3. The molecular weight excluding hydrogens is 308 g/mol. The van der Waals surface area contributed by atoms with Gasteiger partial charge in [0.25, 0.3) is 0 Å². The van der Waals surface area contributed by atoms with Crippen LogP contribution in [0.2, 0.25) is 0 Å². The maximum absolute atomic E-state index is 10.2. The highest BCUT2D eigenvalue weighted by Gasteiger charge is 2.31. The molecule has 1 aromatic heterocycles. The summed E-state index contributed by atoms with van der Waals surface area (Å²) >= 11 is 0. The number of likely N-dealkylation sites (tertiary alicyclic amines) is 1. The smallest absolute Gasteiger partial charge is 0.162 e. The average molecular weight is 332 g/mol. The van der Waals surface area contributed by atoms with E-state index in [-0.39, 0.29) is 13.2 Å². The summed E-state index contributed by atoms with van der Waals surface area (Å²) in [5.74, 6) is 1.66. The Morgan fingerprint density at radius 1 is 1.33 bits per heavy atom. The van der Waals surface area contributed by atoms with Crippen molar-refractivity contribution in [2.75, 3.05) is 26.2 Å². The summed E-state index contributed by atoms with van der Waals surface area (Å²) in [5.41, 5.74) is 3.03. The maximum Gasteiger partial charge on any atom is 0.162 e. The van der Waals surface area contributed by atoms with Crippen molar-refractivity contribution in [3.8, 4) is 5.75 Å². The number of hydrogen-bond donors (Lipinski definition) is 2. The molecule has 130 valence electrons. The number of β-amino-alcohol motifs (C(OH)–C–C–N with tert-alkyl or cyclic N) is 1. The topological polar surface area (TPSA) is 79.0 Å². The molecule has 2 N–H and O–H groups in total. The summed E-state index contributed by atoms with van der Waals surface area (Å²) in [6.45, 7) is 6.41. The van der Waals surface area contributed by atoms with Crippen LogP contribution in [0.15, 0.2) is 28.8 Å². The maximum atomic E-state index is 10.2. The van der Waals surface area contributed by atoms with E-state index >= 15 is 0 Å². The number of ether oxygens (including phenoxy) is 1. The number of para-hydroxylation sites is 1. The van der Waals surface area contributed by atoms with Crippen LogP contribution in [-0.4, -0.2) is 52.6 Å². The molecule has 1 aromatic carbocycles. The van der Waals surface area contributed by atoms with E-state index < -0.39 is 6.10 Å². The summed E-state index contributed by atoms with van der Waals surface area (Å²) in [5, 5.41) is 23.2. The third-order valence-corrected chi connectivity index (χ3v) is 4.41. The first-order chi connectivity index (χ1) is 11.6. The number of rotatable bonds is 7. The second kappa shape index (κ2) is 7.34. The van der Waals surface area contributed by atoms with Gasteiger partial charge < -0.3 is 19.5 Å². The summed E-state index contributed by atoms with van der Waals surface area (Å²) in [6, 6.07) is 7.81. The monoisotopic (exact) mass is 332 g/mol. The highest BCUT2D eigenvalue weighted by atomic mass is 16.5. The first-order valence-corrected chi connectivity index (χ1v) is 8.22. The van der Waals surface area contributed by atoms with Crippen LogP contribution in [0.5, 0.6) is 5.75 Å². The average Bonchev–Trinajstić information content (AvgIpc) is 2.98. The van der Waals surface area contributed by atoms with Gasteiger partial charge in [0.2, 0.25) is 0 Å². The number of benzene rings is 1. The van der Waals surface area contributed by atoms with Crippen LogP contribution < -0.4 is 4.74 Å². The summed E-state index contributed by atoms with van der Waals surface area (Å²) in [7, 11) is 0. The molecule has 1 fully saturated rings. The number of aromatic nitrogens is 1. The van der Waals surface area contributed by atoms with Crippen LogP contribution in [0.3, 0.4) is 0 Å². The third kappa shape index (κ3) is 3.77. The molecule has 2 heterocycles. The second-order valence-corrected chi connectivity index (χ2v) is 6.48. The summed E-state index contributed by atoms with van der Waals surface area (Å²) in [6.07, 6.45) is -0.532. The van der Waals surface area contributed by atoms with E-state index in [9.17, 15) is 5.11 Å². The summed E-state index contributed by atoms with van der Waals surface area (Å²) < 4.78 is 10.8. The Kier molecular flexibility index (Phi) is 5.18. The van der Waals surface area contributed by atoms with E-state index in [4.69, 9.17) is 14.4 Å². The van der Waals surface area contributed by atoms with Crippen LogP contribution in [-0.2, 0) is 6.61 Å². The van der Waals surface area contributed by atoms with Crippen molar-refractivity contribution in [3.05, 3.63) is 46.8 Å². The van der Waals surface area contributed by atoms with Gasteiger partial charge in [-0.15, -0.1) is 0 Å². The Morgan fingerprint density at radius 2 is 2.04 bits per heavy atom. The zero-order valence-corrected chi connectivity index (χ0v) is 14.1. The van der Waals surface area contributed by atoms with Crippen molar-refractivity contribution in [1.29, 1.82) is 0 Å². The number of aryl methyl sites for hydroxylation is 2. The lowest BCUT2D eigenvalue weighted by Crippen LogP contribution is -2.49. The molecule has 0 amide bonds. The van der Waals surface area contributed by atoms with Crippen LogP contribution in [0.4, 0.5) is 0 Å². The van der Waals surface area contributed by atoms with Gasteiger partial charge in [-0.2, -0.15) is 0 Å². The molecule has 1 unspecified atom stereocenters. The van der Waals surface area contributed by atoms with Crippen LogP contribution in [0.25, 0.3) is 0 Å². The molecule has 0 bridgehead atoms. The van der Waals surface area contributed by atoms with E-state index in [1.807, 2.05) is 32.0 Å². The molecule has 6 heteroatoms. The molecule has 0 saturated carbocycles. The molecule has 1 aliphatic heterocycles. The predicted octanol–water partition coefficient (Wildman–Crippen LogP) is 1.62. The van der Waals surface area contributed by atoms with E-state index in [0.717, 1.165) is 35.7 Å². The van der Waals surface area contributed by atoms with Gasteiger partial charge in [-0.3, -0.25) is 4.90 Å². The molecule has 0 radical (unpaired) electrons. The molecule has 6 nitrogen and oxygen atoms in total. The molecule has 2 aromatic rings. The van der Waals surface area contributed by atoms with Gasteiger partial charge in [0.1, 0.15) is 25.1 Å². The van der Waals surface area contributed by atoms with Crippen molar-refractivity contribution < 1.29 is 19.5 Å². The van der Waals surface area contributed by atoms with Gasteiger partial charge in [-0.25, -0.2) is 0 Å². The van der Waals surface area contributed by atoms with Gasteiger partial charge in [0.05, 0.1) is 5.69 Å². The fourth-order valence-corrected chi connectivity index (χ4v) is 3.06. The lowest BCUT2D eigenvalue weighted by Gasteiger charge is -2.39. The Labute approximate surface area is 141 Å². The van der Waals surface area contributed by atoms with Gasteiger partial charge in [0, 0.05) is 31.6 Å². The zero-order valence-electron chi connectivity index (χ0n) is 14.1. The Hall–Kier alpha value is -1.89. The van der Waals surface area contributed by atoms with E-state index in [1.165, 1.54) is 0 Å². The number of nitrogens with zero attached hydrogens (tertiary/aromatic N) is 2. The largest absolute Gasteiger partial charge is 0.490 e. The van der Waals surface area contributed by atoms with Crippen LogP contribution >= 0.6 is 0 Å². The Bertz CT molecular complexity index is 659. The van der Waals surface area contributed by atoms with Crippen molar-refractivity contribution >= 4 is 0 Å². The van der Waals surface area contributed by atoms with Crippen molar-refractivity contribution in [2.24, 2.45) is 0 Å². The predicted molar refractivity (Wildman–Crippen MR) is 89.0 cm³/mol. The van der Waals surface area contributed by atoms with Crippen LogP contribution in [0, 0.1) is 13.8 Å². The fraction of sp³-hybridized carbons (Fsp3) is 0.500. The first kappa shape index (κ1) is 17.0. The highest BCUT2D eigenvalue weighted by Crippen LogP contribution is 2.27. The minimum absolute atomic E-state index is 0.127. The molecule has 1 atom stereocenters. The number of aliphatic hydroxyl groups is 2. The minimum Gasteiger partial charge on any atom is -0.490 e. The molecule has 1 saturated heterocycles. The zero-order chi connectivity index (χ0) is 17.1. The van der Waals surface area contributed by atoms with Crippen LogP contribution in [0.1, 0.15) is 28.5 Å². The minimum atomic E-state index is -0.532. The van der Waals surface area contributed by atoms with Gasteiger partial charge in [-0.05, 0) is 25.0 Å². The normalized spacial score (nSPS) is 16.8. The van der Waals surface area contributed by atoms with E-state index in [1.54, 1.807) is 6.07 Å². The Balaban J connectivity index is 1.43. The van der Waals surface area contributed by atoms with Crippen molar-refractivity contribution in [1.82, 2.24) is 10.1 Å². The number of aliphatic hydroxyl groups excluding tert-OH is 2. The quantitative estimate of drug-likeness (QED) is 0.802. The molecule has 1 aliphatic rings. The molecule has 3 rings (SSSR count). The van der Waals surface area contributed by atoms with Gasteiger partial charge in [0.15, 0.2) is 5.76 Å². The second-order valence-electron chi connectivity index (χ2n) is 6.48. The lowest BCUT2D eigenvalue weighted by atomic mass is 9.96. The third-order valence-electron chi connectivity index (χ3n) is 4.41. The van der Waals surface area contributed by atoms with E-state index in [0.29, 0.717) is 18.2 Å². The summed E-state index contributed by atoms with van der Waals surface area (Å²) in [4.78, 5) is 2.16. The first-order valence-electron chi connectivity index (χ1n) is 8.22.